The normalized spacial score (nSPS) is 18.0. The number of likely N-dealkylation sites (tertiary alicyclic amines) is 1. The zero-order valence-electron chi connectivity index (χ0n) is 13.1. The molecule has 0 bridgehead atoms. The van der Waals surface area contributed by atoms with E-state index < -0.39 is 0 Å². The van der Waals surface area contributed by atoms with Crippen molar-refractivity contribution < 1.29 is 4.79 Å². The summed E-state index contributed by atoms with van der Waals surface area (Å²) in [5.41, 5.74) is 2.07. The number of carbonyl (C=O) groups excluding carboxylic acids is 1. The predicted octanol–water partition coefficient (Wildman–Crippen LogP) is 4.34. The van der Waals surface area contributed by atoms with Crippen LogP contribution in [0.2, 0.25) is 0 Å². The minimum atomic E-state index is -0.0390. The largest absolute Gasteiger partial charge is 0.296 e. The molecular weight excluding hydrogens is 270 g/mol. The van der Waals surface area contributed by atoms with E-state index in [0.717, 1.165) is 18.7 Å². The maximum atomic E-state index is 12.9. The molecule has 0 aliphatic carbocycles. The second-order valence-electron chi connectivity index (χ2n) is 6.12. The minimum absolute atomic E-state index is 0.0390. The molecule has 0 N–H and O–H groups in total. The van der Waals surface area contributed by atoms with Crippen molar-refractivity contribution in [2.45, 2.75) is 25.8 Å². The van der Waals surface area contributed by atoms with Gasteiger partial charge in [-0.1, -0.05) is 67.6 Å². The lowest BCUT2D eigenvalue weighted by atomic mass is 9.87. The number of rotatable bonds is 5. The standard InChI is InChI=1S/C20H23NO/c1-16(20(22)18-12-6-3-7-13-18)19(21-14-8-9-15-21)17-10-4-2-5-11-17/h2-7,10-13,16,19H,8-9,14-15H2,1H3/t16-,19+/m1/s1. The maximum Gasteiger partial charge on any atom is 0.167 e. The van der Waals surface area contributed by atoms with E-state index in [-0.39, 0.29) is 17.7 Å². The zero-order valence-corrected chi connectivity index (χ0v) is 13.1. The third-order valence-electron chi connectivity index (χ3n) is 4.62. The quantitative estimate of drug-likeness (QED) is 0.764. The number of carbonyl (C=O) groups is 1. The van der Waals surface area contributed by atoms with Crippen LogP contribution in [0.4, 0.5) is 0 Å². The molecule has 2 aromatic carbocycles. The summed E-state index contributed by atoms with van der Waals surface area (Å²) in [7, 11) is 0. The van der Waals surface area contributed by atoms with Gasteiger partial charge in [0.25, 0.3) is 0 Å². The average molecular weight is 293 g/mol. The molecule has 0 radical (unpaired) electrons. The van der Waals surface area contributed by atoms with Crippen LogP contribution in [0.5, 0.6) is 0 Å². The molecule has 2 aromatic rings. The van der Waals surface area contributed by atoms with Crippen molar-refractivity contribution in [3.63, 3.8) is 0 Å². The first-order valence-corrected chi connectivity index (χ1v) is 8.15. The van der Waals surface area contributed by atoms with Gasteiger partial charge in [-0.2, -0.15) is 0 Å². The molecule has 1 heterocycles. The van der Waals surface area contributed by atoms with Crippen LogP contribution >= 0.6 is 0 Å². The number of nitrogens with zero attached hydrogens (tertiary/aromatic N) is 1. The fourth-order valence-electron chi connectivity index (χ4n) is 3.49. The molecule has 1 saturated heterocycles. The van der Waals surface area contributed by atoms with Gasteiger partial charge in [-0.05, 0) is 31.5 Å². The van der Waals surface area contributed by atoms with Crippen molar-refractivity contribution >= 4 is 5.78 Å². The van der Waals surface area contributed by atoms with E-state index in [4.69, 9.17) is 0 Å². The van der Waals surface area contributed by atoms with E-state index in [2.05, 4.69) is 36.1 Å². The van der Waals surface area contributed by atoms with Crippen LogP contribution in [-0.4, -0.2) is 23.8 Å². The van der Waals surface area contributed by atoms with Crippen molar-refractivity contribution in [3.05, 3.63) is 71.8 Å². The highest BCUT2D eigenvalue weighted by Gasteiger charge is 2.32. The fourth-order valence-corrected chi connectivity index (χ4v) is 3.49. The topological polar surface area (TPSA) is 20.3 Å². The highest BCUT2D eigenvalue weighted by Crippen LogP contribution is 2.33. The molecule has 3 rings (SSSR count). The van der Waals surface area contributed by atoms with E-state index >= 15 is 0 Å². The number of ketones is 1. The highest BCUT2D eigenvalue weighted by molar-refractivity contribution is 5.98. The summed E-state index contributed by atoms with van der Waals surface area (Å²) in [6, 6.07) is 20.3. The Kier molecular flexibility index (Phi) is 4.69. The van der Waals surface area contributed by atoms with Gasteiger partial charge >= 0.3 is 0 Å². The van der Waals surface area contributed by atoms with Crippen molar-refractivity contribution in [1.29, 1.82) is 0 Å². The molecule has 2 heteroatoms. The number of Topliss-reactive ketones (excluding diaryl/α,β-unsaturated/α-hetero) is 1. The lowest BCUT2D eigenvalue weighted by molar-refractivity contribution is 0.0827. The summed E-state index contributed by atoms with van der Waals surface area (Å²) in [5, 5.41) is 0. The highest BCUT2D eigenvalue weighted by atomic mass is 16.1. The first-order valence-electron chi connectivity index (χ1n) is 8.15. The Bertz CT molecular complexity index is 602. The number of hydrogen-bond acceptors (Lipinski definition) is 2. The molecule has 0 spiro atoms. The number of hydrogen-bond donors (Lipinski definition) is 0. The van der Waals surface area contributed by atoms with Crippen LogP contribution in [0.15, 0.2) is 60.7 Å². The van der Waals surface area contributed by atoms with Crippen molar-refractivity contribution in [2.75, 3.05) is 13.1 Å². The van der Waals surface area contributed by atoms with Gasteiger partial charge in [-0.3, -0.25) is 9.69 Å². The van der Waals surface area contributed by atoms with Crippen LogP contribution < -0.4 is 0 Å². The Hall–Kier alpha value is -1.93. The fraction of sp³-hybridized carbons (Fsp3) is 0.350. The zero-order chi connectivity index (χ0) is 15.4. The second-order valence-corrected chi connectivity index (χ2v) is 6.12. The van der Waals surface area contributed by atoms with E-state index in [1.54, 1.807) is 0 Å². The van der Waals surface area contributed by atoms with Crippen molar-refractivity contribution in [2.24, 2.45) is 5.92 Å². The van der Waals surface area contributed by atoms with Crippen LogP contribution in [0.1, 0.15) is 41.7 Å². The molecule has 2 nitrogen and oxygen atoms in total. The molecule has 22 heavy (non-hydrogen) atoms. The van der Waals surface area contributed by atoms with Gasteiger partial charge < -0.3 is 0 Å². The summed E-state index contributed by atoms with van der Waals surface area (Å²) in [5.74, 6) is 0.198. The van der Waals surface area contributed by atoms with Gasteiger partial charge in [0.1, 0.15) is 0 Å². The minimum Gasteiger partial charge on any atom is -0.296 e. The lowest BCUT2D eigenvalue weighted by Gasteiger charge is -2.32. The van der Waals surface area contributed by atoms with Gasteiger partial charge in [0, 0.05) is 17.5 Å². The summed E-state index contributed by atoms with van der Waals surface area (Å²) in [6.07, 6.45) is 2.46. The summed E-state index contributed by atoms with van der Waals surface area (Å²) >= 11 is 0. The van der Waals surface area contributed by atoms with E-state index in [1.165, 1.54) is 18.4 Å². The Balaban J connectivity index is 1.90. The van der Waals surface area contributed by atoms with Gasteiger partial charge in [0.05, 0.1) is 0 Å². The van der Waals surface area contributed by atoms with E-state index in [9.17, 15) is 4.79 Å². The van der Waals surface area contributed by atoms with Crippen LogP contribution in [0, 0.1) is 5.92 Å². The van der Waals surface area contributed by atoms with Crippen molar-refractivity contribution in [3.8, 4) is 0 Å². The first-order chi connectivity index (χ1) is 10.8. The SMILES string of the molecule is C[C@@H](C(=O)c1ccccc1)[C@@H](c1ccccc1)N1CCCC1. The summed E-state index contributed by atoms with van der Waals surface area (Å²) in [6.45, 7) is 4.25. The third-order valence-corrected chi connectivity index (χ3v) is 4.62. The Morgan fingerprint density at radius 2 is 1.45 bits per heavy atom. The van der Waals surface area contributed by atoms with Crippen LogP contribution in [0.25, 0.3) is 0 Å². The monoisotopic (exact) mass is 293 g/mol. The molecule has 1 aliphatic heterocycles. The molecule has 114 valence electrons. The maximum absolute atomic E-state index is 12.9. The lowest BCUT2D eigenvalue weighted by Crippen LogP contribution is -2.34. The average Bonchev–Trinajstić information content (AvgIpc) is 3.10. The van der Waals surface area contributed by atoms with Gasteiger partial charge in [0.2, 0.25) is 0 Å². The molecule has 1 fully saturated rings. The summed E-state index contributed by atoms with van der Waals surface area (Å²) in [4.78, 5) is 15.4. The molecule has 1 aliphatic rings. The van der Waals surface area contributed by atoms with Crippen LogP contribution in [-0.2, 0) is 0 Å². The van der Waals surface area contributed by atoms with Crippen molar-refractivity contribution in [1.82, 2.24) is 4.90 Å². The Morgan fingerprint density at radius 3 is 2.05 bits per heavy atom. The number of benzene rings is 2. The molecular formula is C20H23NO. The molecule has 0 saturated carbocycles. The molecule has 2 atom stereocenters. The molecule has 0 unspecified atom stereocenters. The first kappa shape index (κ1) is 15.0. The Morgan fingerprint density at radius 1 is 0.909 bits per heavy atom. The predicted molar refractivity (Wildman–Crippen MR) is 89.9 cm³/mol. The van der Waals surface area contributed by atoms with Gasteiger partial charge in [-0.15, -0.1) is 0 Å². The second kappa shape index (κ2) is 6.89. The Labute approximate surface area is 132 Å². The molecule has 0 amide bonds. The smallest absolute Gasteiger partial charge is 0.167 e. The summed E-state index contributed by atoms with van der Waals surface area (Å²) < 4.78 is 0. The van der Waals surface area contributed by atoms with E-state index in [1.807, 2.05) is 36.4 Å². The van der Waals surface area contributed by atoms with E-state index in [0.29, 0.717) is 0 Å². The molecule has 0 aromatic heterocycles. The van der Waals surface area contributed by atoms with Gasteiger partial charge in [-0.25, -0.2) is 0 Å². The third kappa shape index (κ3) is 3.12. The van der Waals surface area contributed by atoms with Gasteiger partial charge in [0.15, 0.2) is 5.78 Å². The van der Waals surface area contributed by atoms with Crippen LogP contribution in [0.3, 0.4) is 0 Å².